The summed E-state index contributed by atoms with van der Waals surface area (Å²) in [4.78, 5) is 14.1. The molecule has 1 saturated heterocycles. The Hall–Kier alpha value is -1.95. The number of nitrogens with two attached hydrogens (primary N) is 1. The second-order valence-corrected chi connectivity index (χ2v) is 7.22. The van der Waals surface area contributed by atoms with E-state index in [0.717, 1.165) is 23.5 Å². The summed E-state index contributed by atoms with van der Waals surface area (Å²) >= 11 is 0. The van der Waals surface area contributed by atoms with Crippen LogP contribution in [0.1, 0.15) is 38.7 Å². The highest BCUT2D eigenvalue weighted by Gasteiger charge is 2.32. The second-order valence-electron chi connectivity index (χ2n) is 7.22. The minimum absolute atomic E-state index is 0.0894. The average Bonchev–Trinajstić information content (AvgIpc) is 2.52. The number of benzene rings is 1. The fourth-order valence-electron chi connectivity index (χ4n) is 2.92. The van der Waals surface area contributed by atoms with Gasteiger partial charge >= 0.3 is 6.09 Å². The summed E-state index contributed by atoms with van der Waals surface area (Å²) in [5, 5.41) is 0. The molecule has 1 aliphatic rings. The fraction of sp³-hybridized carbons (Fsp3) is 0.611. The van der Waals surface area contributed by atoms with Crippen molar-refractivity contribution in [1.82, 2.24) is 4.90 Å². The van der Waals surface area contributed by atoms with Crippen LogP contribution in [-0.2, 0) is 4.74 Å². The Balaban J connectivity index is 2.20. The normalized spacial score (nSPS) is 21.3. The first-order valence-electron chi connectivity index (χ1n) is 8.18. The molecule has 6 nitrogen and oxygen atoms in total. The summed E-state index contributed by atoms with van der Waals surface area (Å²) in [5.41, 5.74) is 6.71. The number of methoxy groups -OCH3 is 2. The van der Waals surface area contributed by atoms with Gasteiger partial charge < -0.3 is 24.8 Å². The molecule has 1 aromatic rings. The van der Waals surface area contributed by atoms with E-state index in [0.29, 0.717) is 13.1 Å². The first kappa shape index (κ1) is 18.4. The van der Waals surface area contributed by atoms with E-state index in [1.165, 1.54) is 0 Å². The van der Waals surface area contributed by atoms with Crippen LogP contribution in [-0.4, -0.2) is 49.9 Å². The van der Waals surface area contributed by atoms with Crippen LogP contribution < -0.4 is 15.2 Å². The summed E-state index contributed by atoms with van der Waals surface area (Å²) in [6.45, 7) is 6.66. The van der Waals surface area contributed by atoms with Crippen molar-refractivity contribution in [2.75, 3.05) is 27.3 Å². The molecule has 0 saturated carbocycles. The van der Waals surface area contributed by atoms with Crippen LogP contribution in [0.2, 0.25) is 0 Å². The maximum atomic E-state index is 12.4. The van der Waals surface area contributed by atoms with Crippen molar-refractivity contribution in [2.45, 2.75) is 44.8 Å². The lowest BCUT2D eigenvalue weighted by Crippen LogP contribution is -2.50. The zero-order valence-electron chi connectivity index (χ0n) is 15.2. The lowest BCUT2D eigenvalue weighted by molar-refractivity contribution is 0.0180. The Bertz CT molecular complexity index is 561. The van der Waals surface area contributed by atoms with E-state index < -0.39 is 5.60 Å². The molecule has 2 rings (SSSR count). The van der Waals surface area contributed by atoms with Crippen LogP contribution in [0.4, 0.5) is 4.79 Å². The molecule has 24 heavy (non-hydrogen) atoms. The van der Waals surface area contributed by atoms with Gasteiger partial charge in [-0.1, -0.05) is 0 Å². The molecule has 0 bridgehead atoms. The Morgan fingerprint density at radius 3 is 2.21 bits per heavy atom. The van der Waals surface area contributed by atoms with Gasteiger partial charge in [0.15, 0.2) is 0 Å². The minimum atomic E-state index is -0.521. The van der Waals surface area contributed by atoms with Crippen LogP contribution >= 0.6 is 0 Å². The summed E-state index contributed by atoms with van der Waals surface area (Å²) in [6.07, 6.45) is 0.479. The van der Waals surface area contributed by atoms with Gasteiger partial charge in [-0.25, -0.2) is 4.79 Å². The van der Waals surface area contributed by atoms with Gasteiger partial charge in [0, 0.05) is 31.1 Å². The molecule has 0 aliphatic carbocycles. The SMILES string of the molecule is COc1cc(OC)cc([C@@H]2C[C@H](N)CN(C(=O)OC(C)(C)C)C2)c1. The number of hydrogen-bond donors (Lipinski definition) is 1. The maximum Gasteiger partial charge on any atom is 0.410 e. The van der Waals surface area contributed by atoms with E-state index in [-0.39, 0.29) is 18.1 Å². The molecule has 6 heteroatoms. The van der Waals surface area contributed by atoms with Gasteiger partial charge in [-0.3, -0.25) is 0 Å². The number of nitrogens with zero attached hydrogens (tertiary/aromatic N) is 1. The number of carbonyl (C=O) groups excluding carboxylic acids is 1. The van der Waals surface area contributed by atoms with Crippen LogP contribution in [0.3, 0.4) is 0 Å². The maximum absolute atomic E-state index is 12.4. The molecule has 1 aromatic carbocycles. The number of hydrogen-bond acceptors (Lipinski definition) is 5. The summed E-state index contributed by atoms with van der Waals surface area (Å²) in [5.74, 6) is 1.57. The van der Waals surface area contributed by atoms with Gasteiger partial charge in [-0.05, 0) is 44.9 Å². The Morgan fingerprint density at radius 2 is 1.71 bits per heavy atom. The van der Waals surface area contributed by atoms with Crippen molar-refractivity contribution < 1.29 is 19.0 Å². The number of carbonyl (C=O) groups is 1. The largest absolute Gasteiger partial charge is 0.497 e. The Kier molecular flexibility index (Phi) is 5.59. The third-order valence-electron chi connectivity index (χ3n) is 3.98. The van der Waals surface area contributed by atoms with Crippen LogP contribution in [0.25, 0.3) is 0 Å². The van der Waals surface area contributed by atoms with E-state index in [4.69, 9.17) is 19.9 Å². The van der Waals surface area contributed by atoms with E-state index >= 15 is 0 Å². The lowest BCUT2D eigenvalue weighted by Gasteiger charge is -2.37. The molecular formula is C18H28N2O4. The fourth-order valence-corrected chi connectivity index (χ4v) is 2.92. The first-order chi connectivity index (χ1) is 11.2. The molecule has 2 N–H and O–H groups in total. The number of likely N-dealkylation sites (tertiary alicyclic amines) is 1. The van der Waals surface area contributed by atoms with Crippen molar-refractivity contribution in [1.29, 1.82) is 0 Å². The van der Waals surface area contributed by atoms with E-state index in [1.807, 2.05) is 39.0 Å². The van der Waals surface area contributed by atoms with Crippen molar-refractivity contribution in [2.24, 2.45) is 5.73 Å². The van der Waals surface area contributed by atoms with Crippen LogP contribution in [0.15, 0.2) is 18.2 Å². The monoisotopic (exact) mass is 336 g/mol. The van der Waals surface area contributed by atoms with Gasteiger partial charge in [0.1, 0.15) is 17.1 Å². The second kappa shape index (κ2) is 7.30. The molecule has 0 unspecified atom stereocenters. The predicted octanol–water partition coefficient (Wildman–Crippen LogP) is 2.76. The van der Waals surface area contributed by atoms with E-state index in [2.05, 4.69) is 0 Å². The molecule has 1 heterocycles. The first-order valence-corrected chi connectivity index (χ1v) is 8.18. The van der Waals surface area contributed by atoms with Gasteiger partial charge in [0.2, 0.25) is 0 Å². The summed E-state index contributed by atoms with van der Waals surface area (Å²) < 4.78 is 16.2. The highest BCUT2D eigenvalue weighted by molar-refractivity contribution is 5.68. The van der Waals surface area contributed by atoms with Gasteiger partial charge in [0.25, 0.3) is 0 Å². The molecule has 134 valence electrons. The topological polar surface area (TPSA) is 74.0 Å². The highest BCUT2D eigenvalue weighted by atomic mass is 16.6. The number of ether oxygens (including phenoxy) is 3. The number of piperidine rings is 1. The summed E-state index contributed by atoms with van der Waals surface area (Å²) in [7, 11) is 3.25. The molecule has 1 aliphatic heterocycles. The average molecular weight is 336 g/mol. The predicted molar refractivity (Wildman–Crippen MR) is 92.7 cm³/mol. The van der Waals surface area contributed by atoms with Gasteiger partial charge in [-0.15, -0.1) is 0 Å². The molecule has 2 atom stereocenters. The molecular weight excluding hydrogens is 308 g/mol. The third-order valence-corrected chi connectivity index (χ3v) is 3.98. The van der Waals surface area contributed by atoms with E-state index in [9.17, 15) is 4.79 Å². The minimum Gasteiger partial charge on any atom is -0.497 e. The lowest BCUT2D eigenvalue weighted by atomic mass is 9.88. The van der Waals surface area contributed by atoms with E-state index in [1.54, 1.807) is 19.1 Å². The smallest absolute Gasteiger partial charge is 0.410 e. The van der Waals surface area contributed by atoms with Crippen molar-refractivity contribution in [3.63, 3.8) is 0 Å². The quantitative estimate of drug-likeness (QED) is 0.919. The number of amides is 1. The van der Waals surface area contributed by atoms with Crippen LogP contribution in [0.5, 0.6) is 11.5 Å². The molecule has 1 fully saturated rings. The van der Waals surface area contributed by atoms with Gasteiger partial charge in [0.05, 0.1) is 14.2 Å². The standard InChI is InChI=1S/C18H28N2O4/c1-18(2,3)24-17(21)20-10-13(6-14(19)11-20)12-7-15(22-4)9-16(8-12)23-5/h7-9,13-14H,6,10-11,19H2,1-5H3/t13-,14+/m1/s1. The molecule has 0 spiro atoms. The third kappa shape index (κ3) is 4.77. The van der Waals surface area contributed by atoms with Crippen molar-refractivity contribution in [3.05, 3.63) is 23.8 Å². The molecule has 0 aromatic heterocycles. The van der Waals surface area contributed by atoms with Crippen molar-refractivity contribution >= 4 is 6.09 Å². The zero-order chi connectivity index (χ0) is 17.9. The summed E-state index contributed by atoms with van der Waals surface area (Å²) in [6, 6.07) is 5.68. The Labute approximate surface area is 143 Å². The number of rotatable bonds is 3. The molecule has 1 amide bonds. The van der Waals surface area contributed by atoms with Crippen molar-refractivity contribution in [3.8, 4) is 11.5 Å². The zero-order valence-corrected chi connectivity index (χ0v) is 15.2. The van der Waals surface area contributed by atoms with Gasteiger partial charge in [-0.2, -0.15) is 0 Å². The Morgan fingerprint density at radius 1 is 1.12 bits per heavy atom. The molecule has 0 radical (unpaired) electrons. The van der Waals surface area contributed by atoms with Crippen LogP contribution in [0, 0.1) is 0 Å². The highest BCUT2D eigenvalue weighted by Crippen LogP contribution is 2.32.